The minimum atomic E-state index is 0. The SMILES string of the molecule is C1CC(CN2CCN(CC3CC3)CC2)CCN1.Cl. The van der Waals surface area contributed by atoms with Crippen LogP contribution in [-0.2, 0) is 0 Å². The van der Waals surface area contributed by atoms with Crippen LogP contribution < -0.4 is 5.32 Å². The molecule has 0 bridgehead atoms. The van der Waals surface area contributed by atoms with E-state index in [1.807, 2.05) is 0 Å². The molecule has 0 aromatic rings. The Morgan fingerprint density at radius 3 is 1.61 bits per heavy atom. The van der Waals surface area contributed by atoms with Crippen molar-refractivity contribution in [3.8, 4) is 0 Å². The molecule has 3 rings (SSSR count). The van der Waals surface area contributed by atoms with E-state index in [0.717, 1.165) is 11.8 Å². The van der Waals surface area contributed by atoms with E-state index in [1.165, 1.54) is 78.0 Å². The molecular formula is C14H28ClN3. The summed E-state index contributed by atoms with van der Waals surface area (Å²) in [5.41, 5.74) is 0. The fourth-order valence-corrected chi connectivity index (χ4v) is 3.25. The van der Waals surface area contributed by atoms with E-state index in [-0.39, 0.29) is 12.4 Å². The summed E-state index contributed by atoms with van der Waals surface area (Å²) < 4.78 is 0. The number of rotatable bonds is 4. The van der Waals surface area contributed by atoms with Crippen LogP contribution in [-0.4, -0.2) is 62.2 Å². The number of hydrogen-bond donors (Lipinski definition) is 1. The first-order chi connectivity index (χ1) is 8.40. The molecular weight excluding hydrogens is 246 g/mol. The van der Waals surface area contributed by atoms with Crippen LogP contribution in [0.15, 0.2) is 0 Å². The van der Waals surface area contributed by atoms with Gasteiger partial charge in [-0.15, -0.1) is 12.4 Å². The second-order valence-electron chi connectivity index (χ2n) is 6.24. The Hall–Kier alpha value is 0.170. The van der Waals surface area contributed by atoms with Crippen LogP contribution in [0.4, 0.5) is 0 Å². The first-order valence-electron chi connectivity index (χ1n) is 7.55. The van der Waals surface area contributed by atoms with Gasteiger partial charge in [0.2, 0.25) is 0 Å². The van der Waals surface area contributed by atoms with Crippen molar-refractivity contribution in [2.45, 2.75) is 25.7 Å². The smallest absolute Gasteiger partial charge is 0.0110 e. The summed E-state index contributed by atoms with van der Waals surface area (Å²) in [6, 6.07) is 0. The molecule has 3 fully saturated rings. The van der Waals surface area contributed by atoms with Crippen LogP contribution in [0.2, 0.25) is 0 Å². The van der Waals surface area contributed by atoms with Crippen LogP contribution >= 0.6 is 12.4 Å². The van der Waals surface area contributed by atoms with Crippen molar-refractivity contribution in [1.82, 2.24) is 15.1 Å². The first-order valence-corrected chi connectivity index (χ1v) is 7.55. The molecule has 3 aliphatic rings. The van der Waals surface area contributed by atoms with Crippen molar-refractivity contribution in [2.24, 2.45) is 11.8 Å². The third-order valence-electron chi connectivity index (χ3n) is 4.65. The molecule has 0 atom stereocenters. The minimum absolute atomic E-state index is 0. The molecule has 0 amide bonds. The highest BCUT2D eigenvalue weighted by Crippen LogP contribution is 2.30. The molecule has 1 saturated carbocycles. The van der Waals surface area contributed by atoms with Gasteiger partial charge in [0.25, 0.3) is 0 Å². The zero-order valence-electron chi connectivity index (χ0n) is 11.4. The van der Waals surface area contributed by atoms with E-state index >= 15 is 0 Å². The normalized spacial score (nSPS) is 28.0. The van der Waals surface area contributed by atoms with Gasteiger partial charge in [0.05, 0.1) is 0 Å². The van der Waals surface area contributed by atoms with Crippen LogP contribution in [0.3, 0.4) is 0 Å². The van der Waals surface area contributed by atoms with E-state index in [4.69, 9.17) is 0 Å². The fourth-order valence-electron chi connectivity index (χ4n) is 3.25. The standard InChI is InChI=1S/C14H27N3.ClH/c1-2-13(1)11-16-7-9-17(10-8-16)12-14-3-5-15-6-4-14;/h13-15H,1-12H2;1H. The summed E-state index contributed by atoms with van der Waals surface area (Å²) in [7, 11) is 0. The molecule has 0 aromatic heterocycles. The van der Waals surface area contributed by atoms with Crippen molar-refractivity contribution in [3.05, 3.63) is 0 Å². The van der Waals surface area contributed by atoms with E-state index in [1.54, 1.807) is 0 Å². The number of piperazine rings is 1. The molecule has 106 valence electrons. The topological polar surface area (TPSA) is 18.5 Å². The third kappa shape index (κ3) is 4.37. The number of piperidine rings is 1. The third-order valence-corrected chi connectivity index (χ3v) is 4.65. The Balaban J connectivity index is 0.00000120. The molecule has 0 unspecified atom stereocenters. The van der Waals surface area contributed by atoms with Crippen LogP contribution in [0.1, 0.15) is 25.7 Å². The number of hydrogen-bond acceptors (Lipinski definition) is 3. The summed E-state index contributed by atoms with van der Waals surface area (Å²) in [5.74, 6) is 2.03. The molecule has 18 heavy (non-hydrogen) atoms. The largest absolute Gasteiger partial charge is 0.317 e. The van der Waals surface area contributed by atoms with Gasteiger partial charge < -0.3 is 15.1 Å². The highest BCUT2D eigenvalue weighted by atomic mass is 35.5. The van der Waals surface area contributed by atoms with Crippen molar-refractivity contribution < 1.29 is 0 Å². The summed E-state index contributed by atoms with van der Waals surface area (Å²) >= 11 is 0. The summed E-state index contributed by atoms with van der Waals surface area (Å²) in [5, 5.41) is 3.46. The maximum absolute atomic E-state index is 3.46. The van der Waals surface area contributed by atoms with Gasteiger partial charge in [-0.05, 0) is 50.6 Å². The monoisotopic (exact) mass is 273 g/mol. The van der Waals surface area contributed by atoms with E-state index in [9.17, 15) is 0 Å². The first kappa shape index (κ1) is 14.6. The van der Waals surface area contributed by atoms with E-state index < -0.39 is 0 Å². The van der Waals surface area contributed by atoms with Gasteiger partial charge in [-0.2, -0.15) is 0 Å². The molecule has 3 nitrogen and oxygen atoms in total. The average Bonchev–Trinajstić information content (AvgIpc) is 3.17. The quantitative estimate of drug-likeness (QED) is 0.836. The Labute approximate surface area is 118 Å². The van der Waals surface area contributed by atoms with Crippen molar-refractivity contribution in [3.63, 3.8) is 0 Å². The number of nitrogens with zero attached hydrogens (tertiary/aromatic N) is 2. The minimum Gasteiger partial charge on any atom is -0.317 e. The Morgan fingerprint density at radius 1 is 0.722 bits per heavy atom. The lowest BCUT2D eigenvalue weighted by atomic mass is 9.97. The maximum atomic E-state index is 3.46. The van der Waals surface area contributed by atoms with Crippen LogP contribution in [0.5, 0.6) is 0 Å². The zero-order valence-corrected chi connectivity index (χ0v) is 12.3. The van der Waals surface area contributed by atoms with Crippen molar-refractivity contribution >= 4 is 12.4 Å². The lowest BCUT2D eigenvalue weighted by molar-refractivity contribution is 0.108. The second kappa shape index (κ2) is 7.09. The molecule has 0 spiro atoms. The van der Waals surface area contributed by atoms with Gasteiger partial charge in [0.15, 0.2) is 0 Å². The predicted octanol–water partition coefficient (Wildman–Crippen LogP) is 1.44. The van der Waals surface area contributed by atoms with Crippen LogP contribution in [0, 0.1) is 11.8 Å². The molecule has 1 aliphatic carbocycles. The molecule has 2 heterocycles. The van der Waals surface area contributed by atoms with Gasteiger partial charge in [-0.1, -0.05) is 0 Å². The van der Waals surface area contributed by atoms with Gasteiger partial charge in [-0.25, -0.2) is 0 Å². The summed E-state index contributed by atoms with van der Waals surface area (Å²) in [6.45, 7) is 10.5. The molecule has 4 heteroatoms. The Morgan fingerprint density at radius 2 is 1.17 bits per heavy atom. The Kier molecular flexibility index (Phi) is 5.74. The van der Waals surface area contributed by atoms with Crippen molar-refractivity contribution in [1.29, 1.82) is 0 Å². The zero-order chi connectivity index (χ0) is 11.5. The number of nitrogens with one attached hydrogen (secondary N) is 1. The molecule has 2 aliphatic heterocycles. The lowest BCUT2D eigenvalue weighted by Gasteiger charge is -2.37. The second-order valence-corrected chi connectivity index (χ2v) is 6.24. The molecule has 2 saturated heterocycles. The average molecular weight is 274 g/mol. The molecule has 0 radical (unpaired) electrons. The number of halogens is 1. The van der Waals surface area contributed by atoms with E-state index in [0.29, 0.717) is 0 Å². The van der Waals surface area contributed by atoms with Crippen molar-refractivity contribution in [2.75, 3.05) is 52.4 Å². The van der Waals surface area contributed by atoms with Gasteiger partial charge in [0, 0.05) is 39.3 Å². The fraction of sp³-hybridized carbons (Fsp3) is 1.00. The van der Waals surface area contributed by atoms with Gasteiger partial charge in [0.1, 0.15) is 0 Å². The summed E-state index contributed by atoms with van der Waals surface area (Å²) in [4.78, 5) is 5.40. The van der Waals surface area contributed by atoms with Gasteiger partial charge >= 0.3 is 0 Å². The van der Waals surface area contributed by atoms with Gasteiger partial charge in [-0.3, -0.25) is 0 Å². The predicted molar refractivity (Wildman–Crippen MR) is 78.4 cm³/mol. The summed E-state index contributed by atoms with van der Waals surface area (Å²) in [6.07, 6.45) is 5.77. The Bertz CT molecular complexity index is 231. The maximum Gasteiger partial charge on any atom is 0.0110 e. The lowest BCUT2D eigenvalue weighted by Crippen LogP contribution is -2.49. The van der Waals surface area contributed by atoms with E-state index in [2.05, 4.69) is 15.1 Å². The van der Waals surface area contributed by atoms with Crippen LogP contribution in [0.25, 0.3) is 0 Å². The molecule has 1 N–H and O–H groups in total. The highest BCUT2D eigenvalue weighted by molar-refractivity contribution is 5.85. The highest BCUT2D eigenvalue weighted by Gasteiger charge is 2.27. The molecule has 0 aromatic carbocycles.